The van der Waals surface area contributed by atoms with E-state index in [-0.39, 0.29) is 35.8 Å². The number of ether oxygens (including phenoxy) is 2. The van der Waals surface area contributed by atoms with E-state index in [1.807, 2.05) is 0 Å². The summed E-state index contributed by atoms with van der Waals surface area (Å²) in [4.78, 5) is 16.5. The van der Waals surface area contributed by atoms with E-state index in [0.717, 1.165) is 6.42 Å². The molecule has 1 amide bonds. The number of hydrogen-bond donors (Lipinski definition) is 1. The molecule has 0 bridgehead atoms. The molecule has 1 fully saturated rings. The van der Waals surface area contributed by atoms with Crippen LogP contribution >= 0.6 is 0 Å². The van der Waals surface area contributed by atoms with Crippen molar-refractivity contribution in [1.82, 2.24) is 25.2 Å². The Labute approximate surface area is 165 Å². The Hall–Kier alpha value is -3.27. The first-order chi connectivity index (χ1) is 14.0. The third-order valence-corrected chi connectivity index (χ3v) is 4.69. The normalized spacial score (nSPS) is 16.2. The van der Waals surface area contributed by atoms with Crippen LogP contribution in [0.2, 0.25) is 0 Å². The summed E-state index contributed by atoms with van der Waals surface area (Å²) in [5.74, 6) is -0.00830. The number of halogens is 1. The van der Waals surface area contributed by atoms with Gasteiger partial charge in [0.25, 0.3) is 5.91 Å². The van der Waals surface area contributed by atoms with Gasteiger partial charge in [-0.05, 0) is 25.5 Å². The zero-order valence-corrected chi connectivity index (χ0v) is 16.0. The third kappa shape index (κ3) is 3.97. The number of carbonyl (C=O) groups excluding carboxylic acids is 1. The molecule has 3 aromatic heterocycles. The second-order valence-corrected chi connectivity index (χ2v) is 6.71. The van der Waals surface area contributed by atoms with E-state index in [4.69, 9.17) is 14.0 Å². The van der Waals surface area contributed by atoms with Gasteiger partial charge in [-0.2, -0.15) is 0 Å². The molecule has 1 unspecified atom stereocenters. The Balaban J connectivity index is 1.48. The van der Waals surface area contributed by atoms with Crippen LogP contribution in [0.1, 0.15) is 28.2 Å². The number of aromatic nitrogens is 4. The first-order valence-corrected chi connectivity index (χ1v) is 9.14. The Bertz CT molecular complexity index is 1030. The molecular formula is C19H20FN5O4. The second kappa shape index (κ2) is 8.00. The van der Waals surface area contributed by atoms with Crippen LogP contribution in [0.5, 0.6) is 5.88 Å². The van der Waals surface area contributed by atoms with Gasteiger partial charge in [0, 0.05) is 25.9 Å². The van der Waals surface area contributed by atoms with Gasteiger partial charge in [0.05, 0.1) is 18.2 Å². The van der Waals surface area contributed by atoms with Crippen molar-refractivity contribution in [1.29, 1.82) is 0 Å². The van der Waals surface area contributed by atoms with Gasteiger partial charge >= 0.3 is 0 Å². The topological polar surface area (TPSA) is 104 Å². The van der Waals surface area contributed by atoms with E-state index >= 15 is 0 Å². The largest absolute Gasteiger partial charge is 0.471 e. The number of nitrogens with one attached hydrogen (secondary N) is 1. The van der Waals surface area contributed by atoms with Gasteiger partial charge in [-0.15, -0.1) is 5.10 Å². The number of hydrogen-bond acceptors (Lipinski definition) is 7. The van der Waals surface area contributed by atoms with Crippen LogP contribution in [0.15, 0.2) is 28.9 Å². The minimum absolute atomic E-state index is 0.00255. The van der Waals surface area contributed by atoms with E-state index in [1.54, 1.807) is 20.0 Å². The summed E-state index contributed by atoms with van der Waals surface area (Å²) in [6.07, 6.45) is 2.26. The molecule has 1 aliphatic rings. The minimum Gasteiger partial charge on any atom is -0.471 e. The summed E-state index contributed by atoms with van der Waals surface area (Å²) in [6.45, 7) is 2.89. The lowest BCUT2D eigenvalue weighted by Gasteiger charge is -2.09. The zero-order valence-electron chi connectivity index (χ0n) is 16.0. The highest BCUT2D eigenvalue weighted by molar-refractivity contribution is 5.93. The van der Waals surface area contributed by atoms with Gasteiger partial charge in [0.2, 0.25) is 5.88 Å². The predicted molar refractivity (Wildman–Crippen MR) is 98.7 cm³/mol. The molecule has 10 heteroatoms. The molecule has 152 valence electrons. The van der Waals surface area contributed by atoms with E-state index < -0.39 is 5.82 Å². The van der Waals surface area contributed by atoms with Crippen LogP contribution in [0, 0.1) is 12.7 Å². The average molecular weight is 401 g/mol. The lowest BCUT2D eigenvalue weighted by atomic mass is 10.1. The molecule has 1 aliphatic heterocycles. The summed E-state index contributed by atoms with van der Waals surface area (Å²) >= 11 is 0. The van der Waals surface area contributed by atoms with Crippen molar-refractivity contribution in [2.45, 2.75) is 26.0 Å². The molecular weight excluding hydrogens is 381 g/mol. The van der Waals surface area contributed by atoms with Crippen molar-refractivity contribution < 1.29 is 23.2 Å². The first-order valence-electron chi connectivity index (χ1n) is 9.14. The van der Waals surface area contributed by atoms with Crippen LogP contribution in [0.3, 0.4) is 0 Å². The van der Waals surface area contributed by atoms with Gasteiger partial charge in [-0.1, -0.05) is 5.16 Å². The molecule has 4 rings (SSSR count). The molecule has 0 aromatic carbocycles. The van der Waals surface area contributed by atoms with E-state index in [0.29, 0.717) is 30.2 Å². The molecule has 1 N–H and O–H groups in total. The quantitative estimate of drug-likeness (QED) is 0.674. The fourth-order valence-corrected chi connectivity index (χ4v) is 3.08. The van der Waals surface area contributed by atoms with Crippen LogP contribution < -0.4 is 10.1 Å². The fraction of sp³-hybridized carbons (Fsp3) is 0.368. The standard InChI is InChI=1S/C19H20FN5O4/c1-11-13(17(24-29-11)18-14(20)4-3-6-21-18)10-28-16-8-15(25(2)23-16)19(26)22-12-5-7-27-9-12/h3-4,6,8,12H,5,7,9-10H2,1-2H3,(H,22,26). The molecule has 4 heterocycles. The number of aryl methyl sites for hydroxylation is 2. The summed E-state index contributed by atoms with van der Waals surface area (Å²) in [5.41, 5.74) is 1.28. The molecule has 0 aliphatic carbocycles. The highest BCUT2D eigenvalue weighted by atomic mass is 19.1. The maximum atomic E-state index is 14.1. The first kappa shape index (κ1) is 19.1. The molecule has 1 saturated heterocycles. The summed E-state index contributed by atoms with van der Waals surface area (Å²) in [5, 5.41) is 11.0. The van der Waals surface area contributed by atoms with Crippen LogP contribution in [-0.4, -0.2) is 45.1 Å². The number of carbonyl (C=O) groups is 1. The number of rotatable bonds is 6. The van der Waals surface area contributed by atoms with Gasteiger partial charge in [0.1, 0.15) is 29.4 Å². The van der Waals surface area contributed by atoms with Crippen LogP contribution in [0.4, 0.5) is 4.39 Å². The highest BCUT2D eigenvalue weighted by Crippen LogP contribution is 2.27. The maximum absolute atomic E-state index is 14.1. The Morgan fingerprint density at radius 2 is 2.31 bits per heavy atom. The van der Waals surface area contributed by atoms with Crippen molar-refractivity contribution in [2.24, 2.45) is 7.05 Å². The van der Waals surface area contributed by atoms with Crippen LogP contribution in [0.25, 0.3) is 11.4 Å². The van der Waals surface area contributed by atoms with Crippen molar-refractivity contribution >= 4 is 5.91 Å². The van der Waals surface area contributed by atoms with E-state index in [1.165, 1.54) is 23.0 Å². The van der Waals surface area contributed by atoms with Crippen LogP contribution in [-0.2, 0) is 18.4 Å². The van der Waals surface area contributed by atoms with Gasteiger partial charge in [-0.3, -0.25) is 14.5 Å². The number of amides is 1. The SMILES string of the molecule is Cc1onc(-c2ncccc2F)c1COc1cc(C(=O)NC2CCOC2)n(C)n1. The summed E-state index contributed by atoms with van der Waals surface area (Å²) in [6, 6.07) is 4.35. The molecule has 0 radical (unpaired) electrons. The lowest BCUT2D eigenvalue weighted by molar-refractivity contribution is 0.0920. The maximum Gasteiger partial charge on any atom is 0.269 e. The smallest absolute Gasteiger partial charge is 0.269 e. The Kier molecular flexibility index (Phi) is 5.26. The van der Waals surface area contributed by atoms with Gasteiger partial charge in [0.15, 0.2) is 5.82 Å². The van der Waals surface area contributed by atoms with E-state index in [9.17, 15) is 9.18 Å². The van der Waals surface area contributed by atoms with Gasteiger partial charge in [-0.25, -0.2) is 4.39 Å². The minimum atomic E-state index is -0.505. The molecule has 29 heavy (non-hydrogen) atoms. The molecule has 0 spiro atoms. The molecule has 9 nitrogen and oxygen atoms in total. The lowest BCUT2D eigenvalue weighted by Crippen LogP contribution is -2.36. The van der Waals surface area contributed by atoms with Gasteiger partial charge < -0.3 is 19.3 Å². The Morgan fingerprint density at radius 1 is 1.45 bits per heavy atom. The molecule has 0 saturated carbocycles. The third-order valence-electron chi connectivity index (χ3n) is 4.69. The van der Waals surface area contributed by atoms with Crippen molar-refractivity contribution in [3.05, 3.63) is 47.2 Å². The Morgan fingerprint density at radius 3 is 3.07 bits per heavy atom. The molecule has 1 atom stereocenters. The monoisotopic (exact) mass is 401 g/mol. The average Bonchev–Trinajstić information content (AvgIpc) is 3.42. The van der Waals surface area contributed by atoms with Crippen molar-refractivity contribution in [3.63, 3.8) is 0 Å². The van der Waals surface area contributed by atoms with E-state index in [2.05, 4.69) is 20.6 Å². The number of pyridine rings is 1. The van der Waals surface area contributed by atoms with Crippen molar-refractivity contribution in [3.8, 4) is 17.3 Å². The summed E-state index contributed by atoms with van der Waals surface area (Å²) < 4.78 is 31.7. The highest BCUT2D eigenvalue weighted by Gasteiger charge is 2.23. The zero-order chi connectivity index (χ0) is 20.4. The molecule has 3 aromatic rings. The fourth-order valence-electron chi connectivity index (χ4n) is 3.08. The summed E-state index contributed by atoms with van der Waals surface area (Å²) in [7, 11) is 1.66. The van der Waals surface area contributed by atoms with Crippen molar-refractivity contribution in [2.75, 3.05) is 13.2 Å². The number of nitrogens with zero attached hydrogens (tertiary/aromatic N) is 4. The predicted octanol–water partition coefficient (Wildman–Crippen LogP) is 2.02. The second-order valence-electron chi connectivity index (χ2n) is 6.71.